The molecule has 1 aliphatic heterocycles. The number of rotatable bonds is 5. The van der Waals surface area contributed by atoms with Gasteiger partial charge in [0.2, 0.25) is 0 Å². The first-order valence-electron chi connectivity index (χ1n) is 6.95. The van der Waals surface area contributed by atoms with Gasteiger partial charge in [0, 0.05) is 25.2 Å². The molecule has 0 aliphatic carbocycles. The van der Waals surface area contributed by atoms with Gasteiger partial charge in [-0.3, -0.25) is 9.59 Å². The molecular weight excluding hydrogens is 256 g/mol. The second kappa shape index (κ2) is 6.52. The van der Waals surface area contributed by atoms with Gasteiger partial charge in [0.05, 0.1) is 6.42 Å². The van der Waals surface area contributed by atoms with Crippen molar-refractivity contribution in [3.05, 3.63) is 34.9 Å². The number of carboxylic acid groups (broad SMARTS) is 1. The number of hydrogen-bond donors (Lipinski definition) is 2. The van der Waals surface area contributed by atoms with Crippen LogP contribution in [0.5, 0.6) is 0 Å². The van der Waals surface area contributed by atoms with Gasteiger partial charge in [-0.1, -0.05) is 6.07 Å². The highest BCUT2D eigenvalue weighted by molar-refractivity contribution is 5.94. The van der Waals surface area contributed by atoms with Gasteiger partial charge in [-0.2, -0.15) is 0 Å². The van der Waals surface area contributed by atoms with E-state index in [4.69, 9.17) is 5.11 Å². The molecule has 1 aromatic carbocycles. The molecule has 2 rings (SSSR count). The lowest BCUT2D eigenvalue weighted by atomic mass is 9.98. The molecule has 5 heteroatoms. The molecule has 0 saturated heterocycles. The highest BCUT2D eigenvalue weighted by atomic mass is 16.4. The largest absolute Gasteiger partial charge is 0.481 e. The van der Waals surface area contributed by atoms with E-state index >= 15 is 0 Å². The number of carbonyl (C=O) groups is 2. The topological polar surface area (TPSA) is 69.6 Å². The summed E-state index contributed by atoms with van der Waals surface area (Å²) in [6, 6.07) is 5.78. The zero-order valence-corrected chi connectivity index (χ0v) is 11.7. The summed E-state index contributed by atoms with van der Waals surface area (Å²) in [4.78, 5) is 24.6. The predicted molar refractivity (Wildman–Crippen MR) is 75.7 cm³/mol. The van der Waals surface area contributed by atoms with Crippen molar-refractivity contribution >= 4 is 11.9 Å². The minimum Gasteiger partial charge on any atom is -0.481 e. The fourth-order valence-electron chi connectivity index (χ4n) is 2.43. The molecular formula is C15H20N2O3. The Bertz CT molecular complexity index is 514. The van der Waals surface area contributed by atoms with E-state index in [9.17, 15) is 9.59 Å². The van der Waals surface area contributed by atoms with Crippen LogP contribution in [-0.4, -0.2) is 41.5 Å². The van der Waals surface area contributed by atoms with Crippen LogP contribution in [0.15, 0.2) is 18.2 Å². The maximum atomic E-state index is 12.4. The molecule has 0 fully saturated rings. The average molecular weight is 276 g/mol. The Morgan fingerprint density at radius 3 is 2.85 bits per heavy atom. The maximum absolute atomic E-state index is 12.4. The number of benzene rings is 1. The smallest absolute Gasteiger partial charge is 0.305 e. The van der Waals surface area contributed by atoms with Crippen molar-refractivity contribution in [1.82, 2.24) is 10.2 Å². The number of carboxylic acids is 1. The number of aliphatic carboxylic acids is 1. The molecule has 0 radical (unpaired) electrons. The summed E-state index contributed by atoms with van der Waals surface area (Å²) in [7, 11) is 0. The number of amides is 1. The Kier molecular flexibility index (Phi) is 4.74. The highest BCUT2D eigenvalue weighted by Crippen LogP contribution is 2.17. The van der Waals surface area contributed by atoms with Crippen molar-refractivity contribution < 1.29 is 14.7 Å². The van der Waals surface area contributed by atoms with Gasteiger partial charge in [-0.25, -0.2) is 0 Å². The van der Waals surface area contributed by atoms with Crippen LogP contribution in [0.25, 0.3) is 0 Å². The first-order valence-corrected chi connectivity index (χ1v) is 6.95. The Labute approximate surface area is 118 Å². The van der Waals surface area contributed by atoms with E-state index < -0.39 is 5.97 Å². The van der Waals surface area contributed by atoms with Crippen LogP contribution in [0.4, 0.5) is 0 Å². The zero-order valence-electron chi connectivity index (χ0n) is 11.7. The predicted octanol–water partition coefficient (Wildman–Crippen LogP) is 1.27. The molecule has 0 atom stereocenters. The molecule has 1 amide bonds. The van der Waals surface area contributed by atoms with Gasteiger partial charge in [-0.15, -0.1) is 0 Å². The Balaban J connectivity index is 2.12. The number of nitrogens with one attached hydrogen (secondary N) is 1. The highest BCUT2D eigenvalue weighted by Gasteiger charge is 2.17. The Morgan fingerprint density at radius 1 is 1.35 bits per heavy atom. The Hall–Kier alpha value is -1.88. The van der Waals surface area contributed by atoms with E-state index in [1.807, 2.05) is 25.1 Å². The lowest BCUT2D eigenvalue weighted by molar-refractivity contribution is -0.137. The number of hydrogen-bond acceptors (Lipinski definition) is 3. The molecule has 0 unspecified atom stereocenters. The van der Waals surface area contributed by atoms with Crippen molar-refractivity contribution in [1.29, 1.82) is 0 Å². The minimum absolute atomic E-state index is 0.0217. The number of carbonyl (C=O) groups excluding carboxylic acids is 1. The molecule has 0 aromatic heterocycles. The minimum atomic E-state index is -0.883. The maximum Gasteiger partial charge on any atom is 0.305 e. The van der Waals surface area contributed by atoms with E-state index in [1.165, 1.54) is 5.56 Å². The quantitative estimate of drug-likeness (QED) is 0.849. The summed E-state index contributed by atoms with van der Waals surface area (Å²) in [6.07, 6.45) is 0.965. The van der Waals surface area contributed by atoms with Crippen LogP contribution < -0.4 is 5.32 Å². The van der Waals surface area contributed by atoms with Crippen molar-refractivity contribution in [3.63, 3.8) is 0 Å². The van der Waals surface area contributed by atoms with Crippen molar-refractivity contribution in [3.8, 4) is 0 Å². The van der Waals surface area contributed by atoms with E-state index in [-0.39, 0.29) is 18.9 Å². The molecule has 1 aromatic rings. The molecule has 1 heterocycles. The van der Waals surface area contributed by atoms with Gasteiger partial charge < -0.3 is 15.3 Å². The van der Waals surface area contributed by atoms with Crippen LogP contribution in [0.1, 0.15) is 34.8 Å². The third-order valence-electron chi connectivity index (χ3n) is 3.60. The third kappa shape index (κ3) is 3.36. The average Bonchev–Trinajstić information content (AvgIpc) is 2.47. The van der Waals surface area contributed by atoms with Gasteiger partial charge in [0.25, 0.3) is 5.91 Å². The van der Waals surface area contributed by atoms with Crippen molar-refractivity contribution in [2.45, 2.75) is 26.3 Å². The molecule has 0 bridgehead atoms. The monoisotopic (exact) mass is 276 g/mol. The van der Waals surface area contributed by atoms with E-state index in [0.29, 0.717) is 12.1 Å². The standard InChI is InChI=1S/C15H20N2O3/c1-2-17(8-6-14(18)19)15(20)12-4-3-11-5-7-16-10-13(11)9-12/h3-4,9,16H,2,5-8,10H2,1H3,(H,18,19). The summed E-state index contributed by atoms with van der Waals surface area (Å²) in [5.74, 6) is -0.979. The van der Waals surface area contributed by atoms with Crippen LogP contribution in [-0.2, 0) is 17.8 Å². The van der Waals surface area contributed by atoms with Gasteiger partial charge in [0.1, 0.15) is 0 Å². The molecule has 20 heavy (non-hydrogen) atoms. The molecule has 5 nitrogen and oxygen atoms in total. The molecule has 1 aliphatic rings. The lowest BCUT2D eigenvalue weighted by Gasteiger charge is -2.22. The second-order valence-electron chi connectivity index (χ2n) is 4.94. The fourth-order valence-corrected chi connectivity index (χ4v) is 2.43. The first kappa shape index (κ1) is 14.5. The summed E-state index contributed by atoms with van der Waals surface area (Å²) in [5, 5.41) is 12.0. The SMILES string of the molecule is CCN(CCC(=O)O)C(=O)c1ccc2c(c1)CNCC2. The van der Waals surface area contributed by atoms with Crippen LogP contribution >= 0.6 is 0 Å². The third-order valence-corrected chi connectivity index (χ3v) is 3.60. The van der Waals surface area contributed by atoms with Crippen LogP contribution in [0, 0.1) is 0 Å². The van der Waals surface area contributed by atoms with Gasteiger partial charge in [-0.05, 0) is 43.1 Å². The summed E-state index contributed by atoms with van der Waals surface area (Å²) < 4.78 is 0. The summed E-state index contributed by atoms with van der Waals surface area (Å²) in [5.41, 5.74) is 3.09. The van der Waals surface area contributed by atoms with E-state index in [0.717, 1.165) is 25.1 Å². The number of fused-ring (bicyclic) bond motifs is 1. The normalized spacial score (nSPS) is 13.7. The molecule has 0 spiro atoms. The molecule has 0 saturated carbocycles. The fraction of sp³-hybridized carbons (Fsp3) is 0.467. The molecule has 108 valence electrons. The van der Waals surface area contributed by atoms with E-state index in [1.54, 1.807) is 4.90 Å². The lowest BCUT2D eigenvalue weighted by Crippen LogP contribution is -2.33. The second-order valence-corrected chi connectivity index (χ2v) is 4.94. The Morgan fingerprint density at radius 2 is 2.15 bits per heavy atom. The van der Waals surface area contributed by atoms with Crippen LogP contribution in [0.2, 0.25) is 0 Å². The molecule has 2 N–H and O–H groups in total. The first-order chi connectivity index (χ1) is 9.61. The van der Waals surface area contributed by atoms with Crippen molar-refractivity contribution in [2.24, 2.45) is 0 Å². The van der Waals surface area contributed by atoms with E-state index in [2.05, 4.69) is 5.32 Å². The van der Waals surface area contributed by atoms with Gasteiger partial charge >= 0.3 is 5.97 Å². The van der Waals surface area contributed by atoms with Crippen molar-refractivity contribution in [2.75, 3.05) is 19.6 Å². The summed E-state index contributed by atoms with van der Waals surface area (Å²) >= 11 is 0. The number of nitrogens with zero attached hydrogens (tertiary/aromatic N) is 1. The zero-order chi connectivity index (χ0) is 14.5. The van der Waals surface area contributed by atoms with Crippen LogP contribution in [0.3, 0.4) is 0 Å². The van der Waals surface area contributed by atoms with Gasteiger partial charge in [0.15, 0.2) is 0 Å². The summed E-state index contributed by atoms with van der Waals surface area (Å²) in [6.45, 7) is 4.39.